The molecule has 12 heteroatoms. The van der Waals surface area contributed by atoms with Gasteiger partial charge in [0.1, 0.15) is 17.7 Å². The second kappa shape index (κ2) is 17.7. The number of allylic oxidation sites excluding steroid dienone is 1. The first-order valence-electron chi connectivity index (χ1n) is 15.2. The van der Waals surface area contributed by atoms with E-state index in [9.17, 15) is 14.4 Å². The van der Waals surface area contributed by atoms with Crippen LogP contribution in [0, 0.1) is 11.8 Å². The van der Waals surface area contributed by atoms with Crippen molar-refractivity contribution in [1.29, 1.82) is 0 Å². The molecule has 0 saturated carbocycles. The van der Waals surface area contributed by atoms with Crippen LogP contribution >= 0.6 is 28.6 Å². The van der Waals surface area contributed by atoms with E-state index < -0.39 is 5.97 Å². The van der Waals surface area contributed by atoms with Crippen LogP contribution in [0.5, 0.6) is 0 Å². The first kappa shape index (κ1) is 34.9. The molecular formula is C31H46BrN5O5S. The highest BCUT2D eigenvalue weighted by molar-refractivity contribution is 9.12. The Bertz CT molecular complexity index is 1140. The molecule has 0 radical (unpaired) electrons. The van der Waals surface area contributed by atoms with Crippen molar-refractivity contribution in [1.82, 2.24) is 19.7 Å². The molecule has 1 aromatic heterocycles. The second-order valence-electron chi connectivity index (χ2n) is 10.9. The topological polar surface area (TPSA) is 118 Å². The number of esters is 1. The number of hydrogen-bond donors (Lipinski definition) is 2. The van der Waals surface area contributed by atoms with Crippen molar-refractivity contribution in [2.24, 2.45) is 11.8 Å². The number of hydrogen-bond acceptors (Lipinski definition) is 9. The summed E-state index contributed by atoms with van der Waals surface area (Å²) in [6.45, 7) is 9.06. The molecule has 0 atom stereocenters. The number of carbonyl (C=O) groups is 3. The fourth-order valence-electron chi connectivity index (χ4n) is 5.81. The van der Waals surface area contributed by atoms with Crippen LogP contribution in [-0.4, -0.2) is 89.9 Å². The molecule has 3 aliphatic heterocycles. The zero-order valence-electron chi connectivity index (χ0n) is 25.5. The predicted molar refractivity (Wildman–Crippen MR) is 174 cm³/mol. The van der Waals surface area contributed by atoms with Gasteiger partial charge in [-0.3, -0.25) is 14.5 Å². The van der Waals surface area contributed by atoms with Gasteiger partial charge < -0.3 is 25.0 Å². The Hall–Kier alpha value is -2.57. The molecule has 0 aromatic carbocycles. The zero-order chi connectivity index (χ0) is 31.4. The van der Waals surface area contributed by atoms with Crippen molar-refractivity contribution in [2.75, 3.05) is 52.1 Å². The van der Waals surface area contributed by atoms with Crippen molar-refractivity contribution in [3.05, 3.63) is 45.6 Å². The van der Waals surface area contributed by atoms with Gasteiger partial charge >= 0.3 is 5.97 Å². The van der Waals surface area contributed by atoms with Crippen molar-refractivity contribution in [2.45, 2.75) is 65.0 Å². The van der Waals surface area contributed by atoms with Crippen molar-refractivity contribution in [3.8, 4) is 0 Å². The number of anilines is 1. The van der Waals surface area contributed by atoms with E-state index in [1.165, 1.54) is 18.6 Å². The summed E-state index contributed by atoms with van der Waals surface area (Å²) in [5.74, 6) is 0.779. The summed E-state index contributed by atoms with van der Waals surface area (Å²) in [5, 5.41) is 1.51. The van der Waals surface area contributed by atoms with Gasteiger partial charge in [0.2, 0.25) is 11.8 Å². The monoisotopic (exact) mass is 679 g/mol. The van der Waals surface area contributed by atoms with Crippen LogP contribution in [0.3, 0.4) is 0 Å². The molecule has 0 bridgehead atoms. The molecule has 4 rings (SSSR count). The van der Waals surface area contributed by atoms with Gasteiger partial charge in [0, 0.05) is 63.6 Å². The smallest absolute Gasteiger partial charge is 0.334 e. The quantitative estimate of drug-likeness (QED) is 0.137. The number of thiol groups is 1. The number of halogens is 1. The van der Waals surface area contributed by atoms with Crippen LogP contribution in [0.2, 0.25) is 0 Å². The van der Waals surface area contributed by atoms with E-state index in [0.29, 0.717) is 67.9 Å². The van der Waals surface area contributed by atoms with Gasteiger partial charge in [-0.25, -0.2) is 9.78 Å². The molecule has 10 nitrogen and oxygen atoms in total. The zero-order valence-corrected chi connectivity index (χ0v) is 28.0. The molecular weight excluding hydrogens is 634 g/mol. The van der Waals surface area contributed by atoms with Crippen LogP contribution in [0.4, 0.5) is 5.82 Å². The fourth-order valence-corrected chi connectivity index (χ4v) is 6.15. The highest BCUT2D eigenvalue weighted by Gasteiger charge is 2.35. The molecule has 238 valence electrons. The van der Waals surface area contributed by atoms with Crippen LogP contribution in [-0.2, 0) is 30.4 Å². The molecule has 0 aliphatic carbocycles. The highest BCUT2D eigenvalue weighted by Crippen LogP contribution is 2.28. The molecule has 1 aromatic rings. The lowest BCUT2D eigenvalue weighted by molar-refractivity contribution is -0.144. The Morgan fingerprint density at radius 1 is 0.977 bits per heavy atom. The van der Waals surface area contributed by atoms with Crippen LogP contribution < -0.4 is 5.73 Å². The Morgan fingerprint density at radius 3 is 2.02 bits per heavy atom. The predicted octanol–water partition coefficient (Wildman–Crippen LogP) is 4.37. The SMILES string of the molecule is CC.COC(=O)/C=C(OC1CCN(C(=O)C2CCN(C(=O)C3CCN(Cc4ccnc(N)c4)CC3)CC2)CC1)/C(Br)=C\S. The average molecular weight is 681 g/mol. The largest absolute Gasteiger partial charge is 0.489 e. The molecule has 2 N–H and O–H groups in total. The van der Waals surface area contributed by atoms with Gasteiger partial charge in [-0.1, -0.05) is 13.8 Å². The summed E-state index contributed by atoms with van der Waals surface area (Å²) in [6.07, 6.45) is 7.35. The lowest BCUT2D eigenvalue weighted by Gasteiger charge is -2.39. The maximum Gasteiger partial charge on any atom is 0.334 e. The second-order valence-corrected chi connectivity index (χ2v) is 12.0. The minimum absolute atomic E-state index is 0.0515. The molecule has 2 amide bonds. The number of aromatic nitrogens is 1. The molecule has 0 spiro atoms. The van der Waals surface area contributed by atoms with Gasteiger partial charge in [-0.15, -0.1) is 0 Å². The van der Waals surface area contributed by atoms with Gasteiger partial charge in [-0.2, -0.15) is 12.6 Å². The summed E-state index contributed by atoms with van der Waals surface area (Å²) in [5.41, 5.74) is 6.95. The summed E-state index contributed by atoms with van der Waals surface area (Å²) in [6, 6.07) is 3.89. The Balaban J connectivity index is 0.00000248. The minimum atomic E-state index is -0.512. The maximum absolute atomic E-state index is 13.3. The summed E-state index contributed by atoms with van der Waals surface area (Å²) in [4.78, 5) is 48.5. The van der Waals surface area contributed by atoms with E-state index in [2.05, 4.69) is 38.4 Å². The van der Waals surface area contributed by atoms with E-state index in [-0.39, 0.29) is 29.8 Å². The van der Waals surface area contributed by atoms with E-state index in [0.717, 1.165) is 38.0 Å². The standard InChI is InChI=1S/C29H40BrN5O5S.C2H6/c1-39-27(36)17-25(24(30)19-41)40-23-7-14-35(15-8-23)29(38)22-5-12-34(13-6-22)28(37)21-3-10-33(11-4-21)18-20-2-9-32-26(31)16-20;1-2/h2,9,16-17,19,21-23,41H,3-8,10-15,18H2,1H3,(H2,31,32);1-2H3/b24-19+,25-17-;. The number of rotatable bonds is 8. The molecule has 3 aliphatic rings. The number of amides is 2. The summed E-state index contributed by atoms with van der Waals surface area (Å²) >= 11 is 7.48. The van der Waals surface area contributed by atoms with Gasteiger partial charge in [0.15, 0.2) is 0 Å². The van der Waals surface area contributed by atoms with Crippen LogP contribution in [0.25, 0.3) is 0 Å². The maximum atomic E-state index is 13.3. The van der Waals surface area contributed by atoms with Gasteiger partial charge in [0.05, 0.1) is 17.7 Å². The van der Waals surface area contributed by atoms with Crippen LogP contribution in [0.1, 0.15) is 57.9 Å². The average Bonchev–Trinajstić information content (AvgIpc) is 3.05. The Morgan fingerprint density at radius 2 is 1.51 bits per heavy atom. The number of methoxy groups -OCH3 is 1. The number of nitrogens with two attached hydrogens (primary N) is 1. The lowest BCUT2D eigenvalue weighted by Crippen LogP contribution is -2.49. The first-order valence-corrected chi connectivity index (χ1v) is 16.5. The first-order chi connectivity index (χ1) is 20.8. The number of nitrogen functional groups attached to an aromatic ring is 1. The Kier molecular flexibility index (Phi) is 14.3. The van der Waals surface area contributed by atoms with E-state index >= 15 is 0 Å². The van der Waals surface area contributed by atoms with Gasteiger partial charge in [-0.05, 0) is 77.8 Å². The van der Waals surface area contributed by atoms with Gasteiger partial charge in [0.25, 0.3) is 0 Å². The number of piperidine rings is 3. The highest BCUT2D eigenvalue weighted by atomic mass is 79.9. The van der Waals surface area contributed by atoms with Crippen molar-refractivity contribution in [3.63, 3.8) is 0 Å². The third-order valence-corrected chi connectivity index (χ3v) is 9.42. The van der Waals surface area contributed by atoms with E-state index in [4.69, 9.17) is 15.2 Å². The van der Waals surface area contributed by atoms with E-state index in [1.807, 2.05) is 35.8 Å². The fraction of sp³-hybridized carbons (Fsp3) is 0.613. The Labute approximate surface area is 269 Å². The molecule has 3 saturated heterocycles. The summed E-state index contributed by atoms with van der Waals surface area (Å²) < 4.78 is 11.3. The minimum Gasteiger partial charge on any atom is -0.489 e. The third-order valence-electron chi connectivity index (χ3n) is 8.19. The third kappa shape index (κ3) is 10.2. The number of nitrogens with zero attached hydrogens (tertiary/aromatic N) is 4. The van der Waals surface area contributed by atoms with E-state index in [1.54, 1.807) is 6.20 Å². The molecule has 4 heterocycles. The van der Waals surface area contributed by atoms with Crippen molar-refractivity contribution >= 4 is 52.2 Å². The number of likely N-dealkylation sites (tertiary alicyclic amines) is 3. The number of carbonyl (C=O) groups excluding carboxylic acids is 3. The molecule has 3 fully saturated rings. The van der Waals surface area contributed by atoms with Crippen LogP contribution in [0.15, 0.2) is 40.1 Å². The number of ether oxygens (including phenoxy) is 2. The lowest BCUT2D eigenvalue weighted by atomic mass is 9.91. The normalized spacial score (nSPS) is 19.8. The molecule has 43 heavy (non-hydrogen) atoms. The van der Waals surface area contributed by atoms with Crippen molar-refractivity contribution < 1.29 is 23.9 Å². The summed E-state index contributed by atoms with van der Waals surface area (Å²) in [7, 11) is 1.31. The molecule has 0 unspecified atom stereocenters. The number of pyridine rings is 1.